The Kier molecular flexibility index (Phi) is 3.72. The number of aliphatic hydroxyl groups excluding tert-OH is 2. The van der Waals surface area contributed by atoms with Crippen molar-refractivity contribution in [3.63, 3.8) is 0 Å². The number of nitrogens with one attached hydrogen (secondary N) is 1. The first kappa shape index (κ1) is 13.8. The maximum atomic E-state index is 10.1. The normalized spacial score (nSPS) is 15.1. The van der Waals surface area contributed by atoms with Gasteiger partial charge in [0.15, 0.2) is 0 Å². The molecule has 2 heterocycles. The fourth-order valence-corrected chi connectivity index (χ4v) is 3.20. The molecule has 108 valence electrons. The number of benzene rings is 1. The van der Waals surface area contributed by atoms with E-state index < -0.39 is 0 Å². The molecule has 3 N–H and O–H groups in total. The van der Waals surface area contributed by atoms with Gasteiger partial charge in [-0.3, -0.25) is 5.41 Å². The summed E-state index contributed by atoms with van der Waals surface area (Å²) in [6, 6.07) is 9.80. The number of nitrogens with zero attached hydrogens (tertiary/aromatic N) is 2. The summed E-state index contributed by atoms with van der Waals surface area (Å²) < 4.78 is 0. The average molecular weight is 301 g/mol. The lowest BCUT2D eigenvalue weighted by Crippen LogP contribution is -2.29. The second-order valence-electron chi connectivity index (χ2n) is 4.72. The molecule has 6 heteroatoms. The van der Waals surface area contributed by atoms with Crippen molar-refractivity contribution in [2.45, 2.75) is 0 Å². The van der Waals surface area contributed by atoms with Gasteiger partial charge in [-0.1, -0.05) is 30.3 Å². The molecule has 0 saturated heterocycles. The Morgan fingerprint density at radius 1 is 1.29 bits per heavy atom. The Bertz CT molecular complexity index is 694. The summed E-state index contributed by atoms with van der Waals surface area (Å²) in [5.41, 5.74) is 2.32. The molecular formula is C15H15N3O2S. The van der Waals surface area contributed by atoms with Crippen molar-refractivity contribution in [2.75, 3.05) is 19.7 Å². The van der Waals surface area contributed by atoms with E-state index in [0.29, 0.717) is 17.1 Å². The zero-order chi connectivity index (χ0) is 14.8. The largest absolute Gasteiger partial charge is 0.510 e. The molecule has 3 rings (SSSR count). The minimum Gasteiger partial charge on any atom is -0.510 e. The van der Waals surface area contributed by atoms with E-state index in [1.807, 2.05) is 35.7 Å². The number of aromatic nitrogens is 1. The maximum Gasteiger partial charge on any atom is 0.135 e. The Labute approximate surface area is 126 Å². The first-order chi connectivity index (χ1) is 10.2. The van der Waals surface area contributed by atoms with Crippen molar-refractivity contribution < 1.29 is 10.2 Å². The van der Waals surface area contributed by atoms with Crippen LogP contribution in [-0.2, 0) is 0 Å². The highest BCUT2D eigenvalue weighted by atomic mass is 32.1. The van der Waals surface area contributed by atoms with Crippen molar-refractivity contribution in [1.82, 2.24) is 9.88 Å². The molecule has 1 aliphatic heterocycles. The van der Waals surface area contributed by atoms with E-state index in [1.165, 1.54) is 11.3 Å². The Balaban J connectivity index is 1.90. The summed E-state index contributed by atoms with van der Waals surface area (Å²) in [7, 11) is 0. The van der Waals surface area contributed by atoms with Crippen LogP contribution in [0.4, 0.5) is 0 Å². The van der Waals surface area contributed by atoms with E-state index >= 15 is 0 Å². The summed E-state index contributed by atoms with van der Waals surface area (Å²) in [5, 5.41) is 29.7. The third kappa shape index (κ3) is 2.55. The standard InChI is InChI=1S/C15H15N3O2S/c16-14-13(12(20)8-18(14)6-7-19)15-17-11(9-21-15)10-4-2-1-3-5-10/h1-5,9,16,19-20H,6-8H2. The number of aliphatic hydroxyl groups is 2. The van der Waals surface area contributed by atoms with Crippen LogP contribution >= 0.6 is 11.3 Å². The summed E-state index contributed by atoms with van der Waals surface area (Å²) in [6.07, 6.45) is 0. The number of β-amino-alcohol motifs (C(OH)–C–C–N with tert-alkyl or cyclic N) is 1. The third-order valence-corrected chi connectivity index (χ3v) is 4.20. The highest BCUT2D eigenvalue weighted by Gasteiger charge is 2.29. The zero-order valence-corrected chi connectivity index (χ0v) is 12.1. The lowest BCUT2D eigenvalue weighted by molar-refractivity contribution is 0.248. The molecule has 0 spiro atoms. The van der Waals surface area contributed by atoms with Crippen LogP contribution in [0.5, 0.6) is 0 Å². The van der Waals surface area contributed by atoms with Crippen molar-refractivity contribution >= 4 is 22.7 Å². The van der Waals surface area contributed by atoms with Crippen LogP contribution < -0.4 is 0 Å². The fraction of sp³-hybridized carbons (Fsp3) is 0.200. The van der Waals surface area contributed by atoms with Crippen molar-refractivity contribution in [3.05, 3.63) is 46.5 Å². The summed E-state index contributed by atoms with van der Waals surface area (Å²) in [6.45, 7) is 0.550. The van der Waals surface area contributed by atoms with Crippen LogP contribution in [-0.4, -0.2) is 45.6 Å². The fourth-order valence-electron chi connectivity index (χ4n) is 2.30. The van der Waals surface area contributed by atoms with Gasteiger partial charge in [0.05, 0.1) is 24.4 Å². The van der Waals surface area contributed by atoms with Crippen LogP contribution in [0.1, 0.15) is 5.01 Å². The molecule has 2 aromatic rings. The van der Waals surface area contributed by atoms with Crippen LogP contribution in [0.15, 0.2) is 41.5 Å². The Morgan fingerprint density at radius 3 is 2.76 bits per heavy atom. The molecule has 0 unspecified atom stereocenters. The predicted octanol–water partition coefficient (Wildman–Crippen LogP) is 2.36. The smallest absolute Gasteiger partial charge is 0.135 e. The molecule has 1 aliphatic rings. The SMILES string of the molecule is N=C1C(c2nc(-c3ccccc3)cs2)=C(O)CN1CCO. The third-order valence-electron chi connectivity index (χ3n) is 3.34. The molecule has 0 bridgehead atoms. The maximum absolute atomic E-state index is 10.1. The molecule has 1 aromatic carbocycles. The average Bonchev–Trinajstić information content (AvgIpc) is 3.06. The van der Waals surface area contributed by atoms with Crippen molar-refractivity contribution in [3.8, 4) is 11.3 Å². The van der Waals surface area contributed by atoms with Crippen molar-refractivity contribution in [1.29, 1.82) is 5.41 Å². The second kappa shape index (κ2) is 5.67. The van der Waals surface area contributed by atoms with Gasteiger partial charge in [-0.15, -0.1) is 11.3 Å². The van der Waals surface area contributed by atoms with Gasteiger partial charge in [-0.05, 0) is 0 Å². The van der Waals surface area contributed by atoms with Crippen LogP contribution in [0.3, 0.4) is 0 Å². The minimum absolute atomic E-state index is 0.0456. The predicted molar refractivity (Wildman–Crippen MR) is 83.5 cm³/mol. The second-order valence-corrected chi connectivity index (χ2v) is 5.58. The summed E-state index contributed by atoms with van der Waals surface area (Å²) in [5.74, 6) is 0.359. The van der Waals surface area contributed by atoms with E-state index in [0.717, 1.165) is 11.3 Å². The van der Waals surface area contributed by atoms with E-state index in [-0.39, 0.29) is 24.7 Å². The van der Waals surface area contributed by atoms with E-state index in [9.17, 15) is 5.11 Å². The molecule has 0 aliphatic carbocycles. The van der Waals surface area contributed by atoms with Gasteiger partial charge in [-0.2, -0.15) is 0 Å². The molecule has 0 amide bonds. The molecular weight excluding hydrogens is 286 g/mol. The molecule has 5 nitrogen and oxygen atoms in total. The minimum atomic E-state index is -0.0456. The van der Waals surface area contributed by atoms with E-state index in [4.69, 9.17) is 10.5 Å². The number of thiazole rings is 1. The number of hydrogen-bond donors (Lipinski definition) is 3. The number of amidine groups is 1. The lowest BCUT2D eigenvalue weighted by Gasteiger charge is -2.16. The van der Waals surface area contributed by atoms with Gasteiger partial charge in [0, 0.05) is 17.5 Å². The molecule has 1 aromatic heterocycles. The van der Waals surface area contributed by atoms with Gasteiger partial charge in [0.2, 0.25) is 0 Å². The van der Waals surface area contributed by atoms with Gasteiger partial charge in [0.1, 0.15) is 16.6 Å². The van der Waals surface area contributed by atoms with Gasteiger partial charge in [0.25, 0.3) is 0 Å². The molecule has 21 heavy (non-hydrogen) atoms. The molecule has 0 saturated carbocycles. The molecule has 0 atom stereocenters. The zero-order valence-electron chi connectivity index (χ0n) is 11.3. The van der Waals surface area contributed by atoms with Crippen LogP contribution in [0, 0.1) is 5.41 Å². The highest BCUT2D eigenvalue weighted by Crippen LogP contribution is 2.31. The van der Waals surface area contributed by atoms with E-state index in [2.05, 4.69) is 4.98 Å². The lowest BCUT2D eigenvalue weighted by atomic mass is 10.2. The van der Waals surface area contributed by atoms with Crippen LogP contribution in [0.25, 0.3) is 16.8 Å². The molecule has 0 radical (unpaired) electrons. The number of hydrogen-bond acceptors (Lipinski definition) is 5. The van der Waals surface area contributed by atoms with Gasteiger partial charge < -0.3 is 15.1 Å². The Morgan fingerprint density at radius 2 is 2.05 bits per heavy atom. The van der Waals surface area contributed by atoms with Gasteiger partial charge >= 0.3 is 0 Å². The van der Waals surface area contributed by atoms with E-state index in [1.54, 1.807) is 4.90 Å². The first-order valence-corrected chi connectivity index (χ1v) is 7.47. The molecule has 0 fully saturated rings. The topological polar surface area (TPSA) is 80.4 Å². The highest BCUT2D eigenvalue weighted by molar-refractivity contribution is 7.11. The first-order valence-electron chi connectivity index (χ1n) is 6.59. The summed E-state index contributed by atoms with van der Waals surface area (Å²) in [4.78, 5) is 6.16. The monoisotopic (exact) mass is 301 g/mol. The van der Waals surface area contributed by atoms with Crippen LogP contribution in [0.2, 0.25) is 0 Å². The van der Waals surface area contributed by atoms with Crippen molar-refractivity contribution in [2.24, 2.45) is 0 Å². The summed E-state index contributed by atoms with van der Waals surface area (Å²) >= 11 is 1.41. The quantitative estimate of drug-likeness (QED) is 0.810. The van der Waals surface area contributed by atoms with Gasteiger partial charge in [-0.25, -0.2) is 4.98 Å². The number of rotatable bonds is 4. The Hall–Kier alpha value is -2.18.